The van der Waals surface area contributed by atoms with Gasteiger partial charge >= 0.3 is 0 Å². The minimum atomic E-state index is -0.186. The van der Waals surface area contributed by atoms with Crippen molar-refractivity contribution < 1.29 is 9.26 Å². The fraction of sp³-hybridized carbons (Fsp3) is 0.357. The van der Waals surface area contributed by atoms with Crippen LogP contribution in [0, 0.1) is 0 Å². The van der Waals surface area contributed by atoms with Gasteiger partial charge in [-0.05, 0) is 19.1 Å². The first-order valence-electron chi connectivity index (χ1n) is 6.62. The van der Waals surface area contributed by atoms with Crippen LogP contribution in [0.5, 0.6) is 5.75 Å². The topological polar surface area (TPSA) is 66.0 Å². The van der Waals surface area contributed by atoms with Crippen LogP contribution in [0.3, 0.4) is 0 Å². The van der Waals surface area contributed by atoms with E-state index in [1.54, 1.807) is 7.11 Å². The molecule has 1 unspecified atom stereocenters. The minimum absolute atomic E-state index is 0.186. The van der Waals surface area contributed by atoms with Crippen molar-refractivity contribution >= 4 is 22.6 Å². The van der Waals surface area contributed by atoms with Crippen LogP contribution in [-0.2, 0) is 13.0 Å². The lowest BCUT2D eigenvalue weighted by molar-refractivity contribution is 0.408. The lowest BCUT2D eigenvalue weighted by Gasteiger charge is -2.09. The van der Waals surface area contributed by atoms with Crippen molar-refractivity contribution in [1.29, 1.82) is 0 Å². The zero-order valence-electron chi connectivity index (χ0n) is 11.8. The summed E-state index contributed by atoms with van der Waals surface area (Å²) in [4.78, 5) is 8.64. The highest BCUT2D eigenvalue weighted by molar-refractivity contribution is 6.20. The van der Waals surface area contributed by atoms with Gasteiger partial charge in [-0.15, -0.1) is 11.6 Å². The second-order valence-corrected chi connectivity index (χ2v) is 5.34. The van der Waals surface area contributed by atoms with E-state index in [2.05, 4.69) is 19.7 Å². The number of benzene rings is 1. The molecule has 110 valence electrons. The number of aromatic nitrogens is 4. The second-order valence-electron chi connectivity index (χ2n) is 4.69. The van der Waals surface area contributed by atoms with Crippen LogP contribution < -0.4 is 4.74 Å². The Bertz CT molecular complexity index is 737. The monoisotopic (exact) mass is 306 g/mol. The summed E-state index contributed by atoms with van der Waals surface area (Å²) in [5.74, 6) is 2.26. The fourth-order valence-electron chi connectivity index (χ4n) is 2.31. The van der Waals surface area contributed by atoms with Crippen LogP contribution in [0.1, 0.15) is 23.9 Å². The molecule has 0 aliphatic heterocycles. The number of ether oxygens (including phenoxy) is 1. The number of nitrogens with zero attached hydrogens (tertiary/aromatic N) is 4. The van der Waals surface area contributed by atoms with Gasteiger partial charge in [0.15, 0.2) is 5.82 Å². The Morgan fingerprint density at radius 3 is 2.95 bits per heavy atom. The highest BCUT2D eigenvalue weighted by Crippen LogP contribution is 2.27. The molecule has 2 aromatic heterocycles. The van der Waals surface area contributed by atoms with Gasteiger partial charge in [0.1, 0.15) is 11.6 Å². The Hall–Kier alpha value is -2.08. The summed E-state index contributed by atoms with van der Waals surface area (Å²) >= 11 is 6.25. The molecule has 0 N–H and O–H groups in total. The van der Waals surface area contributed by atoms with Gasteiger partial charge in [0, 0.05) is 19.0 Å². The van der Waals surface area contributed by atoms with E-state index in [4.69, 9.17) is 20.9 Å². The Labute approximate surface area is 126 Å². The average Bonchev–Trinajstić information content (AvgIpc) is 3.11. The van der Waals surface area contributed by atoms with Gasteiger partial charge in [-0.25, -0.2) is 4.98 Å². The SMILES string of the molecule is COc1ccc2c(c1)nc(C(C)Cl)n2CCc1ncon1. The van der Waals surface area contributed by atoms with Gasteiger partial charge in [-0.1, -0.05) is 5.16 Å². The molecule has 0 radical (unpaired) electrons. The third-order valence-corrected chi connectivity index (χ3v) is 3.50. The van der Waals surface area contributed by atoms with E-state index in [-0.39, 0.29) is 5.38 Å². The number of methoxy groups -OCH3 is 1. The van der Waals surface area contributed by atoms with Gasteiger partial charge in [-0.3, -0.25) is 0 Å². The number of rotatable bonds is 5. The van der Waals surface area contributed by atoms with E-state index in [0.29, 0.717) is 18.8 Å². The van der Waals surface area contributed by atoms with Crippen LogP contribution in [0.4, 0.5) is 0 Å². The van der Waals surface area contributed by atoms with Crippen molar-refractivity contribution in [2.75, 3.05) is 7.11 Å². The maximum absolute atomic E-state index is 6.25. The number of hydrogen-bond donors (Lipinski definition) is 0. The van der Waals surface area contributed by atoms with Gasteiger partial charge in [0.05, 0.1) is 23.5 Å². The summed E-state index contributed by atoms with van der Waals surface area (Å²) in [6.45, 7) is 2.60. The summed E-state index contributed by atoms with van der Waals surface area (Å²) in [6.07, 6.45) is 1.99. The molecule has 0 bridgehead atoms. The number of aryl methyl sites for hydroxylation is 2. The lowest BCUT2D eigenvalue weighted by Crippen LogP contribution is -2.07. The van der Waals surface area contributed by atoms with E-state index in [0.717, 1.165) is 22.6 Å². The highest BCUT2D eigenvalue weighted by atomic mass is 35.5. The van der Waals surface area contributed by atoms with E-state index in [1.165, 1.54) is 6.39 Å². The van der Waals surface area contributed by atoms with Crippen molar-refractivity contribution in [3.8, 4) is 5.75 Å². The predicted octanol–water partition coefficient (Wildman–Crippen LogP) is 2.97. The predicted molar refractivity (Wildman–Crippen MR) is 78.6 cm³/mol. The molecule has 0 aliphatic rings. The van der Waals surface area contributed by atoms with E-state index < -0.39 is 0 Å². The molecule has 0 amide bonds. The Kier molecular flexibility index (Phi) is 3.79. The quantitative estimate of drug-likeness (QED) is 0.678. The van der Waals surface area contributed by atoms with E-state index >= 15 is 0 Å². The third-order valence-electron chi connectivity index (χ3n) is 3.31. The second kappa shape index (κ2) is 5.73. The zero-order chi connectivity index (χ0) is 14.8. The molecule has 0 spiro atoms. The largest absolute Gasteiger partial charge is 0.497 e. The molecule has 3 aromatic rings. The molecule has 0 fully saturated rings. The molecular formula is C14H15ClN4O2. The molecule has 7 heteroatoms. The standard InChI is InChI=1S/C14H15ClN4O2/c1-9(15)14-17-11-7-10(20-2)3-4-12(11)19(14)6-5-13-16-8-21-18-13/h3-4,7-9H,5-6H2,1-2H3. The normalized spacial score (nSPS) is 12.7. The molecule has 21 heavy (non-hydrogen) atoms. The molecular weight excluding hydrogens is 292 g/mol. The van der Waals surface area contributed by atoms with Crippen LogP contribution in [0.25, 0.3) is 11.0 Å². The number of fused-ring (bicyclic) bond motifs is 1. The maximum atomic E-state index is 6.25. The van der Waals surface area contributed by atoms with E-state index in [9.17, 15) is 0 Å². The van der Waals surface area contributed by atoms with Gasteiger partial charge < -0.3 is 13.8 Å². The van der Waals surface area contributed by atoms with Crippen LogP contribution in [-0.4, -0.2) is 26.8 Å². The summed E-state index contributed by atoms with van der Waals surface area (Å²) in [6, 6.07) is 5.81. The number of hydrogen-bond acceptors (Lipinski definition) is 5. The number of halogens is 1. The maximum Gasteiger partial charge on any atom is 0.213 e. The van der Waals surface area contributed by atoms with Crippen molar-refractivity contribution in [1.82, 2.24) is 19.7 Å². The van der Waals surface area contributed by atoms with Crippen LogP contribution >= 0.6 is 11.6 Å². The minimum Gasteiger partial charge on any atom is -0.497 e. The van der Waals surface area contributed by atoms with Gasteiger partial charge in [-0.2, -0.15) is 4.98 Å². The van der Waals surface area contributed by atoms with Crippen molar-refractivity contribution in [2.45, 2.75) is 25.3 Å². The fourth-order valence-corrected chi connectivity index (χ4v) is 2.47. The van der Waals surface area contributed by atoms with Crippen molar-refractivity contribution in [3.63, 3.8) is 0 Å². The van der Waals surface area contributed by atoms with Crippen molar-refractivity contribution in [2.24, 2.45) is 0 Å². The Morgan fingerprint density at radius 1 is 1.43 bits per heavy atom. The summed E-state index contributed by atoms with van der Waals surface area (Å²) in [7, 11) is 1.64. The number of imidazole rings is 1. The highest BCUT2D eigenvalue weighted by Gasteiger charge is 2.16. The summed E-state index contributed by atoms with van der Waals surface area (Å²) < 4.78 is 12.1. The molecule has 1 aromatic carbocycles. The zero-order valence-corrected chi connectivity index (χ0v) is 12.5. The van der Waals surface area contributed by atoms with Gasteiger partial charge in [0.25, 0.3) is 0 Å². The molecule has 2 heterocycles. The molecule has 1 atom stereocenters. The van der Waals surface area contributed by atoms with Crippen LogP contribution in [0.15, 0.2) is 29.1 Å². The third kappa shape index (κ3) is 2.71. The molecule has 6 nitrogen and oxygen atoms in total. The number of alkyl halides is 1. The first-order chi connectivity index (χ1) is 10.2. The van der Waals surface area contributed by atoms with E-state index in [1.807, 2.05) is 25.1 Å². The lowest BCUT2D eigenvalue weighted by atomic mass is 10.3. The molecule has 0 aliphatic carbocycles. The van der Waals surface area contributed by atoms with Crippen LogP contribution in [0.2, 0.25) is 0 Å². The molecule has 3 rings (SSSR count). The summed E-state index contributed by atoms with van der Waals surface area (Å²) in [5.41, 5.74) is 1.88. The Morgan fingerprint density at radius 2 is 2.29 bits per heavy atom. The van der Waals surface area contributed by atoms with Crippen molar-refractivity contribution in [3.05, 3.63) is 36.2 Å². The molecule has 0 saturated heterocycles. The molecule has 0 saturated carbocycles. The Balaban J connectivity index is 1.99. The first-order valence-corrected chi connectivity index (χ1v) is 7.06. The average molecular weight is 307 g/mol. The smallest absolute Gasteiger partial charge is 0.213 e. The summed E-state index contributed by atoms with van der Waals surface area (Å²) in [5, 5.41) is 3.64. The van der Waals surface area contributed by atoms with Gasteiger partial charge in [0.2, 0.25) is 6.39 Å². The first kappa shape index (κ1) is 13.9.